The summed E-state index contributed by atoms with van der Waals surface area (Å²) in [6.45, 7) is 4.92. The van der Waals surface area contributed by atoms with Gasteiger partial charge >= 0.3 is 0 Å². The third kappa shape index (κ3) is 5.29. The highest BCUT2D eigenvalue weighted by molar-refractivity contribution is 6.07. The Kier molecular flexibility index (Phi) is 7.76. The van der Waals surface area contributed by atoms with Gasteiger partial charge in [-0.25, -0.2) is 0 Å². The van der Waals surface area contributed by atoms with Crippen molar-refractivity contribution in [2.24, 2.45) is 0 Å². The van der Waals surface area contributed by atoms with Crippen molar-refractivity contribution in [3.05, 3.63) is 70.6 Å². The van der Waals surface area contributed by atoms with Crippen LogP contribution < -0.4 is 20.3 Å². The minimum absolute atomic E-state index is 0.132. The summed E-state index contributed by atoms with van der Waals surface area (Å²) in [5, 5.41) is 3.87. The van der Waals surface area contributed by atoms with Crippen molar-refractivity contribution in [1.82, 2.24) is 20.2 Å². The van der Waals surface area contributed by atoms with Gasteiger partial charge in [0.2, 0.25) is 0 Å². The summed E-state index contributed by atoms with van der Waals surface area (Å²) in [6.07, 6.45) is 2.47. The summed E-state index contributed by atoms with van der Waals surface area (Å²) in [6, 6.07) is 14.7. The maximum Gasteiger partial charge on any atom is 0.257 e. The molecule has 0 atom stereocenters. The fourth-order valence-corrected chi connectivity index (χ4v) is 4.88. The van der Waals surface area contributed by atoms with Crippen LogP contribution >= 0.6 is 0 Å². The molecule has 1 aliphatic heterocycles. The van der Waals surface area contributed by atoms with Crippen LogP contribution in [0, 0.1) is 0 Å². The van der Waals surface area contributed by atoms with Crippen molar-refractivity contribution < 1.29 is 19.0 Å². The molecule has 9 nitrogen and oxygen atoms in total. The lowest BCUT2D eigenvalue weighted by Crippen LogP contribution is -2.38. The molecule has 1 aliphatic rings. The van der Waals surface area contributed by atoms with Gasteiger partial charge in [0.25, 0.3) is 11.5 Å². The largest absolute Gasteiger partial charge is 0.493 e. The third-order valence-corrected chi connectivity index (χ3v) is 6.86. The number of pyridine rings is 1. The van der Waals surface area contributed by atoms with E-state index < -0.39 is 0 Å². The number of carbonyl (C=O) groups excluding carboxylic acids is 1. The smallest absolute Gasteiger partial charge is 0.257 e. The Morgan fingerprint density at radius 3 is 2.63 bits per heavy atom. The van der Waals surface area contributed by atoms with E-state index in [0.29, 0.717) is 34.9 Å². The molecule has 0 saturated carbocycles. The van der Waals surface area contributed by atoms with E-state index in [0.717, 1.165) is 61.3 Å². The first-order chi connectivity index (χ1) is 18.6. The number of hydrogen-bond donors (Lipinski definition) is 3. The van der Waals surface area contributed by atoms with Crippen LogP contribution in [0.25, 0.3) is 33.3 Å². The Labute approximate surface area is 220 Å². The average Bonchev–Trinajstić information content (AvgIpc) is 3.34. The molecule has 1 fully saturated rings. The number of aromatic amines is 2. The van der Waals surface area contributed by atoms with Crippen molar-refractivity contribution in [3.63, 3.8) is 0 Å². The molecule has 1 saturated heterocycles. The number of H-pyrrole nitrogens is 2. The van der Waals surface area contributed by atoms with E-state index in [1.165, 1.54) is 0 Å². The number of aromatic nitrogens is 2. The fraction of sp³-hybridized carbons (Fsp3) is 0.310. The molecule has 3 N–H and O–H groups in total. The van der Waals surface area contributed by atoms with Crippen LogP contribution in [-0.4, -0.2) is 74.4 Å². The first-order valence-electron chi connectivity index (χ1n) is 12.7. The van der Waals surface area contributed by atoms with Crippen molar-refractivity contribution >= 4 is 16.8 Å². The van der Waals surface area contributed by atoms with Gasteiger partial charge in [0, 0.05) is 47.9 Å². The van der Waals surface area contributed by atoms with E-state index in [-0.39, 0.29) is 11.5 Å². The Bertz CT molecular complexity index is 1490. The summed E-state index contributed by atoms with van der Waals surface area (Å²) < 4.78 is 16.3. The number of rotatable bonds is 9. The van der Waals surface area contributed by atoms with Crippen molar-refractivity contribution in [2.45, 2.75) is 6.42 Å². The van der Waals surface area contributed by atoms with Gasteiger partial charge in [-0.3, -0.25) is 14.5 Å². The molecule has 3 heterocycles. The Hall–Kier alpha value is -4.08. The lowest BCUT2D eigenvalue weighted by atomic mass is 9.97. The molecule has 4 aromatic rings. The minimum atomic E-state index is -0.209. The Balaban J connectivity index is 1.48. The quantitative estimate of drug-likeness (QED) is 0.293. The molecular formula is C29H32N4O5. The van der Waals surface area contributed by atoms with Gasteiger partial charge in [-0.05, 0) is 61.0 Å². The fourth-order valence-electron chi connectivity index (χ4n) is 4.88. The molecule has 9 heteroatoms. The van der Waals surface area contributed by atoms with Crippen LogP contribution in [0.1, 0.15) is 16.8 Å². The highest BCUT2D eigenvalue weighted by Gasteiger charge is 2.20. The summed E-state index contributed by atoms with van der Waals surface area (Å²) in [4.78, 5) is 34.3. The van der Waals surface area contributed by atoms with Gasteiger partial charge in [0.15, 0.2) is 11.5 Å². The van der Waals surface area contributed by atoms with Crippen LogP contribution in [0.15, 0.2) is 59.5 Å². The van der Waals surface area contributed by atoms with E-state index in [4.69, 9.17) is 14.2 Å². The maximum atomic E-state index is 13.1. The summed E-state index contributed by atoms with van der Waals surface area (Å²) in [7, 11) is 3.17. The van der Waals surface area contributed by atoms with Gasteiger partial charge in [-0.1, -0.05) is 6.07 Å². The van der Waals surface area contributed by atoms with E-state index in [1.54, 1.807) is 38.6 Å². The second kappa shape index (κ2) is 11.5. The number of morpholine rings is 1. The number of fused-ring (bicyclic) bond motifs is 1. The first kappa shape index (κ1) is 25.6. The Morgan fingerprint density at radius 2 is 1.87 bits per heavy atom. The van der Waals surface area contributed by atoms with Gasteiger partial charge in [-0.2, -0.15) is 0 Å². The van der Waals surface area contributed by atoms with Crippen LogP contribution in [0.2, 0.25) is 0 Å². The second-order valence-electron chi connectivity index (χ2n) is 9.18. The topological polar surface area (TPSA) is 109 Å². The molecule has 5 rings (SSSR count). The molecule has 38 heavy (non-hydrogen) atoms. The molecule has 1 amide bonds. The normalized spacial score (nSPS) is 13.9. The lowest BCUT2D eigenvalue weighted by molar-refractivity contribution is 0.0374. The first-order valence-corrected chi connectivity index (χ1v) is 12.7. The standard InChI is InChI=1S/C29H32N4O5/c1-36-24-9-7-19(18-25(24)37-2)26-22-17-20(28(34)30-11-4-12-33-13-15-38-16-14-33)6-8-23(22)32-27(26)21-5-3-10-31-29(21)35/h3,5-10,17-18,32H,4,11-16H2,1-2H3,(H,30,34)(H,31,35). The summed E-state index contributed by atoms with van der Waals surface area (Å²) in [5.74, 6) is 1.04. The van der Waals surface area contributed by atoms with Crippen LogP contribution in [0.5, 0.6) is 11.5 Å². The van der Waals surface area contributed by atoms with Crippen LogP contribution in [-0.2, 0) is 4.74 Å². The van der Waals surface area contributed by atoms with Gasteiger partial charge in [-0.15, -0.1) is 0 Å². The predicted molar refractivity (Wildman–Crippen MR) is 147 cm³/mol. The monoisotopic (exact) mass is 516 g/mol. The number of nitrogens with zero attached hydrogens (tertiary/aromatic N) is 1. The van der Waals surface area contributed by atoms with Gasteiger partial charge < -0.3 is 29.5 Å². The summed E-state index contributed by atoms with van der Waals surface area (Å²) >= 11 is 0. The van der Waals surface area contributed by atoms with Crippen molar-refractivity contribution in [1.29, 1.82) is 0 Å². The second-order valence-corrected chi connectivity index (χ2v) is 9.18. The zero-order chi connectivity index (χ0) is 26.5. The van der Waals surface area contributed by atoms with Crippen LogP contribution in [0.3, 0.4) is 0 Å². The number of hydrogen-bond acceptors (Lipinski definition) is 6. The van der Waals surface area contributed by atoms with E-state index in [1.807, 2.05) is 30.3 Å². The number of benzene rings is 2. The highest BCUT2D eigenvalue weighted by Crippen LogP contribution is 2.41. The van der Waals surface area contributed by atoms with Crippen molar-refractivity contribution in [3.8, 4) is 33.9 Å². The van der Waals surface area contributed by atoms with Crippen LogP contribution in [0.4, 0.5) is 0 Å². The number of methoxy groups -OCH3 is 2. The predicted octanol–water partition coefficient (Wildman–Crippen LogP) is 3.66. The minimum Gasteiger partial charge on any atom is -0.493 e. The van der Waals surface area contributed by atoms with E-state index in [9.17, 15) is 9.59 Å². The zero-order valence-electron chi connectivity index (χ0n) is 21.6. The Morgan fingerprint density at radius 1 is 1.05 bits per heavy atom. The van der Waals surface area contributed by atoms with Crippen molar-refractivity contribution in [2.75, 3.05) is 53.6 Å². The van der Waals surface area contributed by atoms with Gasteiger partial charge in [0.05, 0.1) is 38.7 Å². The molecular weight excluding hydrogens is 484 g/mol. The molecule has 2 aromatic heterocycles. The number of carbonyl (C=O) groups is 1. The third-order valence-electron chi connectivity index (χ3n) is 6.86. The maximum absolute atomic E-state index is 13.1. The molecule has 0 radical (unpaired) electrons. The lowest BCUT2D eigenvalue weighted by Gasteiger charge is -2.26. The highest BCUT2D eigenvalue weighted by atomic mass is 16.5. The molecule has 0 spiro atoms. The molecule has 0 bridgehead atoms. The average molecular weight is 517 g/mol. The molecule has 198 valence electrons. The van der Waals surface area contributed by atoms with E-state index >= 15 is 0 Å². The van der Waals surface area contributed by atoms with E-state index in [2.05, 4.69) is 20.2 Å². The number of amides is 1. The number of nitrogens with one attached hydrogen (secondary N) is 3. The zero-order valence-corrected chi connectivity index (χ0v) is 21.6. The van der Waals surface area contributed by atoms with Gasteiger partial charge in [0.1, 0.15) is 0 Å². The molecule has 0 aliphatic carbocycles. The molecule has 0 unspecified atom stereocenters. The number of ether oxygens (including phenoxy) is 3. The summed E-state index contributed by atoms with van der Waals surface area (Å²) in [5.41, 5.74) is 3.96. The molecule has 2 aromatic carbocycles. The SMILES string of the molecule is COc1ccc(-c2c(-c3ccc[nH]c3=O)[nH]c3ccc(C(=O)NCCCN4CCOCC4)cc23)cc1OC.